The highest BCUT2D eigenvalue weighted by Crippen LogP contribution is 2.71. The van der Waals surface area contributed by atoms with Crippen molar-refractivity contribution in [3.8, 4) is 0 Å². The molecule has 4 aliphatic heterocycles. The van der Waals surface area contributed by atoms with Gasteiger partial charge in [-0.2, -0.15) is 0 Å². The molecule has 1 spiro atoms. The lowest BCUT2D eigenvalue weighted by molar-refractivity contribution is -0.353. The predicted molar refractivity (Wildman–Crippen MR) is 185 cm³/mol. The summed E-state index contributed by atoms with van der Waals surface area (Å²) in [5.41, 5.74) is 0.544. The SMILES string of the molecule is C[C@@H]1CC[C@@]2(OC1)O[C@H]1C[C@H]3[C@@H]4CC[C@@H]5C[C@@H](O[C@@H]6O[C@H](CO)[C@H](C)[C@H](O)[C@H]6O[C@H]6C[C@@H](O)[C@H](O)[C@@H](CO)O6)CC[C@]5(C)[C@H]4CC[C@]3(C)[C@H]1[C@@H]2C. The average Bonchev–Trinajstić information content (AvgIpc) is 3.56. The zero-order chi connectivity index (χ0) is 36.0. The van der Waals surface area contributed by atoms with Gasteiger partial charge in [-0.3, -0.25) is 0 Å². The molecule has 4 heterocycles. The van der Waals surface area contributed by atoms with Crippen molar-refractivity contribution in [2.24, 2.45) is 58.2 Å². The monoisotopic (exact) mass is 722 g/mol. The van der Waals surface area contributed by atoms with Gasteiger partial charge in [0, 0.05) is 24.7 Å². The first-order valence-corrected chi connectivity index (χ1v) is 20.5. The van der Waals surface area contributed by atoms with Crippen LogP contribution in [-0.2, 0) is 28.4 Å². The third-order valence-electron chi connectivity index (χ3n) is 16.5. The van der Waals surface area contributed by atoms with E-state index >= 15 is 0 Å². The van der Waals surface area contributed by atoms with Crippen LogP contribution in [0, 0.1) is 58.2 Å². The number of aliphatic hydroxyl groups excluding tert-OH is 5. The summed E-state index contributed by atoms with van der Waals surface area (Å²) in [6, 6.07) is 0. The summed E-state index contributed by atoms with van der Waals surface area (Å²) >= 11 is 0. The van der Waals surface area contributed by atoms with Crippen molar-refractivity contribution in [2.75, 3.05) is 19.8 Å². The fraction of sp³-hybridized carbons (Fsp3) is 1.00. The van der Waals surface area contributed by atoms with E-state index in [9.17, 15) is 25.5 Å². The van der Waals surface area contributed by atoms with Gasteiger partial charge in [-0.15, -0.1) is 0 Å². The Labute approximate surface area is 304 Å². The number of ether oxygens (including phenoxy) is 6. The summed E-state index contributed by atoms with van der Waals surface area (Å²) in [4.78, 5) is 0. The summed E-state index contributed by atoms with van der Waals surface area (Å²) in [6.45, 7) is 11.8. The minimum absolute atomic E-state index is 0.0155. The zero-order valence-corrected chi connectivity index (χ0v) is 31.5. The van der Waals surface area contributed by atoms with Gasteiger partial charge >= 0.3 is 0 Å². The van der Waals surface area contributed by atoms with Gasteiger partial charge in [-0.05, 0) is 104 Å². The molecule has 8 aliphatic rings. The number of rotatable bonds is 6. The molecule has 8 fully saturated rings. The lowest BCUT2D eigenvalue weighted by Crippen LogP contribution is -2.60. The molecule has 4 saturated heterocycles. The van der Waals surface area contributed by atoms with Crippen LogP contribution in [0.25, 0.3) is 0 Å². The molecule has 0 aromatic heterocycles. The minimum atomic E-state index is -1.23. The maximum atomic E-state index is 11.4. The molecule has 0 unspecified atom stereocenters. The first kappa shape index (κ1) is 37.5. The van der Waals surface area contributed by atoms with Crippen molar-refractivity contribution in [3.05, 3.63) is 0 Å². The highest BCUT2D eigenvalue weighted by molar-refractivity contribution is 5.15. The van der Waals surface area contributed by atoms with Crippen molar-refractivity contribution in [1.82, 2.24) is 0 Å². The number of hydrogen-bond acceptors (Lipinski definition) is 11. The third-order valence-corrected chi connectivity index (χ3v) is 16.5. The fourth-order valence-electron chi connectivity index (χ4n) is 13.4. The Hall–Kier alpha value is -0.440. The second kappa shape index (κ2) is 13.9. The molecule has 0 aromatic rings. The van der Waals surface area contributed by atoms with Crippen LogP contribution < -0.4 is 0 Å². The maximum absolute atomic E-state index is 11.4. The Bertz CT molecular complexity index is 1230. The van der Waals surface area contributed by atoms with E-state index in [0.29, 0.717) is 47.0 Å². The van der Waals surface area contributed by atoms with Gasteiger partial charge in [-0.25, -0.2) is 0 Å². The van der Waals surface area contributed by atoms with Crippen LogP contribution in [0.15, 0.2) is 0 Å². The van der Waals surface area contributed by atoms with E-state index in [2.05, 4.69) is 27.7 Å². The molecule has 0 amide bonds. The number of hydrogen-bond donors (Lipinski definition) is 5. The lowest BCUT2D eigenvalue weighted by atomic mass is 9.44. The van der Waals surface area contributed by atoms with Crippen LogP contribution in [0.4, 0.5) is 0 Å². The highest BCUT2D eigenvalue weighted by Gasteiger charge is 2.69. The van der Waals surface area contributed by atoms with E-state index in [1.54, 1.807) is 6.92 Å². The molecule has 8 rings (SSSR count). The second-order valence-corrected chi connectivity index (χ2v) is 19.0. The van der Waals surface area contributed by atoms with E-state index in [-0.39, 0.29) is 30.3 Å². The van der Waals surface area contributed by atoms with Gasteiger partial charge in [0.15, 0.2) is 18.4 Å². The smallest absolute Gasteiger partial charge is 0.187 e. The maximum Gasteiger partial charge on any atom is 0.187 e. The van der Waals surface area contributed by atoms with Crippen molar-refractivity contribution in [2.45, 2.75) is 172 Å². The van der Waals surface area contributed by atoms with Crippen molar-refractivity contribution in [1.29, 1.82) is 0 Å². The Balaban J connectivity index is 0.935. The normalized spacial score (nSPS) is 58.5. The molecule has 0 aromatic carbocycles. The van der Waals surface area contributed by atoms with Crippen LogP contribution >= 0.6 is 0 Å². The van der Waals surface area contributed by atoms with E-state index < -0.39 is 61.7 Å². The van der Waals surface area contributed by atoms with Crippen LogP contribution in [0.5, 0.6) is 0 Å². The van der Waals surface area contributed by atoms with Crippen molar-refractivity contribution < 1.29 is 54.0 Å². The molecular weight excluding hydrogens is 656 g/mol. The Morgan fingerprint density at radius 2 is 1.51 bits per heavy atom. The lowest BCUT2D eigenvalue weighted by Gasteiger charge is -2.61. The Morgan fingerprint density at radius 3 is 2.24 bits per heavy atom. The summed E-state index contributed by atoms with van der Waals surface area (Å²) in [6.07, 6.45) is 3.65. The number of aliphatic hydroxyl groups is 5. The molecule has 4 saturated carbocycles. The molecule has 0 bridgehead atoms. The fourth-order valence-corrected chi connectivity index (χ4v) is 13.4. The zero-order valence-electron chi connectivity index (χ0n) is 31.5. The second-order valence-electron chi connectivity index (χ2n) is 19.0. The van der Waals surface area contributed by atoms with E-state index in [0.717, 1.165) is 38.2 Å². The third kappa shape index (κ3) is 6.10. The van der Waals surface area contributed by atoms with Crippen LogP contribution in [0.2, 0.25) is 0 Å². The van der Waals surface area contributed by atoms with Gasteiger partial charge in [0.1, 0.15) is 18.3 Å². The standard InChI is InChI=1S/C40H66O11/c1-20-8-13-40(46-19-20)22(3)33-29(51-40)15-27-25-7-6-23-14-24(9-11-38(23,4)26(25)10-12-39(27,33)5)47-37-36(34(44)21(2)30(17-41)49-37)50-32-16-28(43)35(45)31(18-42)48-32/h20-37,41-45H,6-19H2,1-5H3/t20-,21+,22+,23-,24+,25-,26+,27+,28-,29+,30-,31-,32+,33+,34+,35+,36-,37-,38+,39+,40-/m1/s1. The highest BCUT2D eigenvalue weighted by atomic mass is 16.7. The van der Waals surface area contributed by atoms with Gasteiger partial charge in [0.25, 0.3) is 0 Å². The molecule has 11 heteroatoms. The first-order chi connectivity index (χ1) is 24.3. The van der Waals surface area contributed by atoms with E-state index in [1.165, 1.54) is 38.5 Å². The topological polar surface area (TPSA) is 157 Å². The summed E-state index contributed by atoms with van der Waals surface area (Å²) < 4.78 is 38.5. The molecule has 4 aliphatic carbocycles. The minimum Gasteiger partial charge on any atom is -0.394 e. The van der Waals surface area contributed by atoms with E-state index in [4.69, 9.17) is 28.4 Å². The van der Waals surface area contributed by atoms with Gasteiger partial charge in [0.2, 0.25) is 0 Å². The van der Waals surface area contributed by atoms with Crippen LogP contribution in [-0.4, -0.2) is 113 Å². The van der Waals surface area contributed by atoms with Gasteiger partial charge in [0.05, 0.1) is 50.3 Å². The molecule has 21 atom stereocenters. The predicted octanol–water partition coefficient (Wildman–Crippen LogP) is 3.75. The van der Waals surface area contributed by atoms with Crippen LogP contribution in [0.1, 0.15) is 105 Å². The van der Waals surface area contributed by atoms with Crippen LogP contribution in [0.3, 0.4) is 0 Å². The number of fused-ring (bicyclic) bond motifs is 7. The quantitative estimate of drug-likeness (QED) is 0.255. The molecule has 0 radical (unpaired) electrons. The van der Waals surface area contributed by atoms with Crippen molar-refractivity contribution in [3.63, 3.8) is 0 Å². The Morgan fingerprint density at radius 1 is 0.745 bits per heavy atom. The Kier molecular flexibility index (Phi) is 10.2. The largest absolute Gasteiger partial charge is 0.394 e. The average molecular weight is 723 g/mol. The first-order valence-electron chi connectivity index (χ1n) is 20.5. The molecule has 5 N–H and O–H groups in total. The summed E-state index contributed by atoms with van der Waals surface area (Å²) in [7, 11) is 0. The van der Waals surface area contributed by atoms with Crippen molar-refractivity contribution >= 4 is 0 Å². The summed E-state index contributed by atoms with van der Waals surface area (Å²) in [5.74, 6) is 3.45. The summed E-state index contributed by atoms with van der Waals surface area (Å²) in [5, 5.41) is 51.8. The van der Waals surface area contributed by atoms with E-state index in [1.807, 2.05) is 0 Å². The van der Waals surface area contributed by atoms with Gasteiger partial charge < -0.3 is 54.0 Å². The molecule has 292 valence electrons. The molecular formula is C40H66O11. The van der Waals surface area contributed by atoms with Gasteiger partial charge in [-0.1, -0.05) is 34.6 Å². The molecule has 11 nitrogen and oxygen atoms in total. The molecule has 51 heavy (non-hydrogen) atoms.